The van der Waals surface area contributed by atoms with Crippen LogP contribution in [0.4, 0.5) is 5.69 Å². The molecule has 3 aromatic rings. The molecule has 158 valence electrons. The van der Waals surface area contributed by atoms with E-state index >= 15 is 0 Å². The van der Waals surface area contributed by atoms with Gasteiger partial charge < -0.3 is 14.4 Å². The van der Waals surface area contributed by atoms with Crippen molar-refractivity contribution in [1.29, 1.82) is 0 Å². The highest BCUT2D eigenvalue weighted by Gasteiger charge is 2.56. The molecule has 1 amide bonds. The van der Waals surface area contributed by atoms with E-state index in [9.17, 15) is 13.2 Å². The number of ether oxygens (including phenoxy) is 2. The average molecular weight is 438 g/mol. The Balaban J connectivity index is 1.55. The number of rotatable bonds is 5. The number of carbonyl (C=O) groups excluding carboxylic acids is 1. The monoisotopic (exact) mass is 438 g/mol. The van der Waals surface area contributed by atoms with Gasteiger partial charge in [0.05, 0.1) is 30.3 Å². The maximum atomic E-state index is 13.3. The predicted octanol–water partition coefficient (Wildman–Crippen LogP) is 1.45. The molecule has 2 aliphatic heterocycles. The fourth-order valence-corrected chi connectivity index (χ4v) is 5.14. The van der Waals surface area contributed by atoms with Gasteiger partial charge in [0.1, 0.15) is 0 Å². The van der Waals surface area contributed by atoms with Crippen LogP contribution in [-0.4, -0.2) is 39.1 Å². The molecule has 1 fully saturated rings. The topological polar surface area (TPSA) is 89.7 Å². The number of sulfone groups is 1. The van der Waals surface area contributed by atoms with E-state index in [0.29, 0.717) is 24.3 Å². The molecule has 0 bridgehead atoms. The van der Waals surface area contributed by atoms with Crippen LogP contribution in [0.3, 0.4) is 0 Å². The number of hydrogen-bond acceptors (Lipinski definition) is 6. The maximum Gasteiger partial charge on any atom is 0.292 e. The van der Waals surface area contributed by atoms with Crippen molar-refractivity contribution in [3.8, 4) is 0 Å². The van der Waals surface area contributed by atoms with Gasteiger partial charge in [-0.15, -0.1) is 0 Å². The average Bonchev–Trinajstić information content (AvgIpc) is 3.39. The SMILES string of the molecule is O=C1N(CC[n+]2ccccc2)c2ccc(S(=O)(=O)c3ccccn3)cc2C12OCCO2. The van der Waals surface area contributed by atoms with Gasteiger partial charge in [0, 0.05) is 23.9 Å². The van der Waals surface area contributed by atoms with Crippen LogP contribution in [0.15, 0.2) is 83.1 Å². The van der Waals surface area contributed by atoms with Crippen LogP contribution in [0.25, 0.3) is 0 Å². The molecule has 4 heterocycles. The van der Waals surface area contributed by atoms with Gasteiger partial charge in [0.2, 0.25) is 9.84 Å². The molecule has 0 radical (unpaired) electrons. The van der Waals surface area contributed by atoms with E-state index in [2.05, 4.69) is 4.98 Å². The molecule has 2 aliphatic rings. The first-order valence-electron chi connectivity index (χ1n) is 9.87. The summed E-state index contributed by atoms with van der Waals surface area (Å²) in [6.07, 6.45) is 5.27. The number of anilines is 1. The van der Waals surface area contributed by atoms with E-state index in [1.54, 1.807) is 23.1 Å². The lowest BCUT2D eigenvalue weighted by Gasteiger charge is -2.21. The Bertz CT molecular complexity index is 1230. The fraction of sp³-hybridized carbons (Fsp3) is 0.227. The Hall–Kier alpha value is -3.14. The second-order valence-electron chi connectivity index (χ2n) is 7.23. The molecule has 31 heavy (non-hydrogen) atoms. The van der Waals surface area contributed by atoms with Gasteiger partial charge in [0.15, 0.2) is 24.0 Å². The fourth-order valence-electron chi connectivity index (χ4n) is 3.92. The molecule has 0 unspecified atom stereocenters. The summed E-state index contributed by atoms with van der Waals surface area (Å²) in [5, 5.41) is -0.0566. The van der Waals surface area contributed by atoms with Crippen LogP contribution in [0.2, 0.25) is 0 Å². The number of aromatic nitrogens is 2. The van der Waals surface area contributed by atoms with E-state index in [1.807, 2.05) is 35.2 Å². The number of fused-ring (bicyclic) bond motifs is 2. The van der Waals surface area contributed by atoms with Gasteiger partial charge in [-0.1, -0.05) is 12.1 Å². The molecule has 0 saturated carbocycles. The Labute approximate surface area is 179 Å². The van der Waals surface area contributed by atoms with Crippen molar-refractivity contribution < 1.29 is 27.3 Å². The number of hydrogen-bond donors (Lipinski definition) is 0. The number of carbonyl (C=O) groups is 1. The van der Waals surface area contributed by atoms with E-state index in [4.69, 9.17) is 9.47 Å². The van der Waals surface area contributed by atoms with Crippen molar-refractivity contribution >= 4 is 21.4 Å². The van der Waals surface area contributed by atoms with Crippen LogP contribution in [0.1, 0.15) is 5.56 Å². The standard InChI is InChI=1S/C22H20N3O5S/c26-21-22(29-14-15-30-22)18-16-17(31(27,28)20-6-2-3-9-23-20)7-8-19(18)25(21)13-12-24-10-4-1-5-11-24/h1-11,16H,12-15H2/q+1. The Morgan fingerprint density at radius 2 is 1.81 bits per heavy atom. The molecule has 0 N–H and O–H groups in total. The molecule has 2 aromatic heterocycles. The van der Waals surface area contributed by atoms with Crippen LogP contribution >= 0.6 is 0 Å². The van der Waals surface area contributed by atoms with Gasteiger partial charge in [-0.2, -0.15) is 0 Å². The molecule has 8 nitrogen and oxygen atoms in total. The first-order valence-corrected chi connectivity index (χ1v) is 11.4. The number of benzene rings is 1. The van der Waals surface area contributed by atoms with E-state index in [0.717, 1.165) is 0 Å². The smallest absolute Gasteiger partial charge is 0.292 e. The van der Waals surface area contributed by atoms with Gasteiger partial charge >= 0.3 is 0 Å². The first-order chi connectivity index (χ1) is 15.0. The lowest BCUT2D eigenvalue weighted by Crippen LogP contribution is -2.45. The number of amides is 1. The van der Waals surface area contributed by atoms with Crippen LogP contribution in [0.5, 0.6) is 0 Å². The van der Waals surface area contributed by atoms with Crippen molar-refractivity contribution in [2.75, 3.05) is 24.7 Å². The highest BCUT2D eigenvalue weighted by molar-refractivity contribution is 7.91. The molecule has 5 rings (SSSR count). The Morgan fingerprint density at radius 1 is 1.03 bits per heavy atom. The summed E-state index contributed by atoms with van der Waals surface area (Å²) in [5.74, 6) is -1.95. The molecular weight excluding hydrogens is 418 g/mol. The van der Waals surface area contributed by atoms with E-state index in [-0.39, 0.29) is 29.0 Å². The first kappa shape index (κ1) is 19.8. The van der Waals surface area contributed by atoms with Gasteiger partial charge in [-0.25, -0.2) is 18.0 Å². The van der Waals surface area contributed by atoms with Gasteiger partial charge in [-0.3, -0.25) is 4.79 Å². The van der Waals surface area contributed by atoms with Gasteiger partial charge in [-0.05, 0) is 30.3 Å². The largest absolute Gasteiger partial charge is 0.336 e. The summed E-state index contributed by atoms with van der Waals surface area (Å²) in [5.41, 5.74) is 0.994. The summed E-state index contributed by atoms with van der Waals surface area (Å²) >= 11 is 0. The molecule has 1 saturated heterocycles. The lowest BCUT2D eigenvalue weighted by atomic mass is 10.1. The minimum Gasteiger partial charge on any atom is -0.336 e. The molecule has 0 atom stereocenters. The van der Waals surface area contributed by atoms with Crippen molar-refractivity contribution in [2.45, 2.75) is 22.3 Å². The van der Waals surface area contributed by atoms with Crippen molar-refractivity contribution in [2.24, 2.45) is 0 Å². The minimum absolute atomic E-state index is 0.0375. The van der Waals surface area contributed by atoms with Crippen LogP contribution < -0.4 is 9.47 Å². The zero-order valence-electron chi connectivity index (χ0n) is 16.5. The number of nitrogens with zero attached hydrogens (tertiary/aromatic N) is 3. The van der Waals surface area contributed by atoms with E-state index in [1.165, 1.54) is 24.4 Å². The quantitative estimate of drug-likeness (QED) is 0.560. The summed E-state index contributed by atoms with van der Waals surface area (Å²) in [6, 6.07) is 15.1. The summed E-state index contributed by atoms with van der Waals surface area (Å²) in [7, 11) is -3.85. The van der Waals surface area contributed by atoms with Crippen molar-refractivity contribution in [3.05, 3.63) is 78.8 Å². The van der Waals surface area contributed by atoms with Crippen molar-refractivity contribution in [3.63, 3.8) is 0 Å². The molecule has 1 spiro atoms. The van der Waals surface area contributed by atoms with E-state index < -0.39 is 15.6 Å². The third-order valence-electron chi connectivity index (χ3n) is 5.42. The normalized spacial score (nSPS) is 17.3. The summed E-state index contributed by atoms with van der Waals surface area (Å²) in [4.78, 5) is 18.9. The van der Waals surface area contributed by atoms with Gasteiger partial charge in [0.25, 0.3) is 11.7 Å². The second kappa shape index (κ2) is 7.52. The van der Waals surface area contributed by atoms with Crippen LogP contribution in [0, 0.1) is 0 Å². The predicted molar refractivity (Wildman–Crippen MR) is 109 cm³/mol. The zero-order chi connectivity index (χ0) is 21.5. The summed E-state index contributed by atoms with van der Waals surface area (Å²) in [6.45, 7) is 1.46. The molecular formula is C22H20N3O5S+. The number of pyridine rings is 2. The molecule has 9 heteroatoms. The third-order valence-corrected chi connectivity index (χ3v) is 7.08. The highest BCUT2D eigenvalue weighted by Crippen LogP contribution is 2.46. The Kier molecular flexibility index (Phi) is 4.81. The molecule has 1 aromatic carbocycles. The third kappa shape index (κ3) is 3.21. The minimum atomic E-state index is -3.85. The molecule has 0 aliphatic carbocycles. The highest BCUT2D eigenvalue weighted by atomic mass is 32.2. The second-order valence-corrected chi connectivity index (χ2v) is 9.13. The maximum absolute atomic E-state index is 13.3. The summed E-state index contributed by atoms with van der Waals surface area (Å²) < 4.78 is 39.6. The van der Waals surface area contributed by atoms with Crippen molar-refractivity contribution in [1.82, 2.24) is 4.98 Å². The lowest BCUT2D eigenvalue weighted by molar-refractivity contribution is -0.694. The zero-order valence-corrected chi connectivity index (χ0v) is 17.4. The van der Waals surface area contributed by atoms with Crippen LogP contribution in [-0.2, 0) is 36.4 Å². The Morgan fingerprint density at radius 3 is 2.52 bits per heavy atom.